The Hall–Kier alpha value is -0.0400. The van der Waals surface area contributed by atoms with Crippen LogP contribution in [0, 0.1) is 17.8 Å². The van der Waals surface area contributed by atoms with Crippen LogP contribution in [0.5, 0.6) is 0 Å². The lowest BCUT2D eigenvalue weighted by molar-refractivity contribution is 0.163. The average molecular weight is 82.1 g/mol. The van der Waals surface area contributed by atoms with Gasteiger partial charge in [-0.3, -0.25) is 0 Å². The van der Waals surface area contributed by atoms with E-state index in [1.165, 1.54) is 0 Å². The molecule has 0 atom stereocenters. The molecule has 0 aromatic rings. The average Bonchev–Trinajstić information content (AvgIpc) is 2.35. The third-order valence-electron chi connectivity index (χ3n) is 2.61. The molecule has 6 heavy (non-hydrogen) atoms. The fourth-order valence-electron chi connectivity index (χ4n) is 1.68. The monoisotopic (exact) mass is 82.0 g/mol. The lowest BCUT2D eigenvalue weighted by Crippen LogP contribution is -1.84. The van der Waals surface area contributed by atoms with Crippen LogP contribution in [0.25, 0.3) is 0 Å². The Balaban J connectivity index is 2.11. The summed E-state index contributed by atoms with van der Waals surface area (Å²) in [5.41, 5.74) is 0.542. The first kappa shape index (κ1) is 2.31. The van der Waals surface area contributed by atoms with Gasteiger partial charge in [0.2, 0.25) is 0 Å². The minimum Gasteiger partial charge on any atom is -0.377 e. The smallest absolute Gasteiger partial charge is 0.0785 e. The second kappa shape index (κ2) is 0.305. The van der Waals surface area contributed by atoms with Gasteiger partial charge in [0.1, 0.15) is 0 Å². The molecule has 4 rings (SSSR count). The van der Waals surface area contributed by atoms with Gasteiger partial charge in [-0.05, 0) is 0 Å². The van der Waals surface area contributed by atoms with Crippen molar-refractivity contribution in [3.8, 4) is 0 Å². The maximum Gasteiger partial charge on any atom is 0.0785 e. The summed E-state index contributed by atoms with van der Waals surface area (Å²) in [7, 11) is 1.83. The van der Waals surface area contributed by atoms with E-state index in [2.05, 4.69) is 0 Å². The Labute approximate surface area is 36.3 Å². The van der Waals surface area contributed by atoms with Crippen molar-refractivity contribution in [2.75, 3.05) is 7.11 Å². The van der Waals surface area contributed by atoms with Crippen molar-refractivity contribution in [3.05, 3.63) is 0 Å². The number of ether oxygens (including phenoxy) is 1. The molecule has 32 valence electrons. The molecule has 0 saturated heterocycles. The number of methoxy groups -OCH3 is 1. The van der Waals surface area contributed by atoms with Crippen LogP contribution in [0.4, 0.5) is 0 Å². The van der Waals surface area contributed by atoms with E-state index in [1.54, 1.807) is 0 Å². The second-order valence-corrected chi connectivity index (χ2v) is 2.64. The maximum atomic E-state index is 5.16. The normalized spacial score (nSPS) is 88.5. The van der Waals surface area contributed by atoms with Crippen molar-refractivity contribution in [1.29, 1.82) is 0 Å². The Morgan fingerprint density at radius 3 is 1.83 bits per heavy atom. The zero-order valence-corrected chi connectivity index (χ0v) is 3.64. The molecule has 0 bridgehead atoms. The molecular formula is C5H6O. The van der Waals surface area contributed by atoms with Crippen LogP contribution in [0.15, 0.2) is 0 Å². The molecule has 0 aromatic carbocycles. The molecule has 0 heterocycles. The summed E-state index contributed by atoms with van der Waals surface area (Å²) in [6, 6.07) is 0. The van der Waals surface area contributed by atoms with Gasteiger partial charge in [-0.2, -0.15) is 0 Å². The molecule has 0 unspecified atom stereocenters. The van der Waals surface area contributed by atoms with Crippen molar-refractivity contribution in [1.82, 2.24) is 0 Å². The highest BCUT2D eigenvalue weighted by molar-refractivity contribution is 5.58. The third kappa shape index (κ3) is 0.0557. The summed E-state index contributed by atoms with van der Waals surface area (Å²) in [5, 5.41) is 0. The van der Waals surface area contributed by atoms with Crippen molar-refractivity contribution in [2.45, 2.75) is 5.60 Å². The first-order chi connectivity index (χ1) is 2.93. The van der Waals surface area contributed by atoms with Crippen LogP contribution < -0.4 is 0 Å². The summed E-state index contributed by atoms with van der Waals surface area (Å²) in [4.78, 5) is 0. The summed E-state index contributed by atoms with van der Waals surface area (Å²) >= 11 is 0. The van der Waals surface area contributed by atoms with E-state index in [0.717, 1.165) is 17.8 Å². The zero-order valence-electron chi connectivity index (χ0n) is 3.64. The highest BCUT2D eigenvalue weighted by atomic mass is 16.5. The zero-order chi connectivity index (χ0) is 3.94. The van der Waals surface area contributed by atoms with E-state index in [0.29, 0.717) is 5.60 Å². The standard InChI is InChI=1S/C5H6O/c1-6-5-2-3(5)4(2)5/h2-4H,1H3. The molecule has 0 aliphatic heterocycles. The van der Waals surface area contributed by atoms with Gasteiger partial charge in [0.25, 0.3) is 0 Å². The molecule has 4 fully saturated rings. The van der Waals surface area contributed by atoms with Crippen LogP contribution in [-0.2, 0) is 4.74 Å². The number of hydrogen-bond donors (Lipinski definition) is 0. The van der Waals surface area contributed by atoms with Crippen LogP contribution in [0.1, 0.15) is 0 Å². The molecule has 0 aromatic heterocycles. The summed E-state index contributed by atoms with van der Waals surface area (Å²) in [6.07, 6.45) is 0. The first-order valence-corrected chi connectivity index (χ1v) is 2.48. The maximum absolute atomic E-state index is 5.16. The molecular weight excluding hydrogens is 76.1 g/mol. The van der Waals surface area contributed by atoms with Gasteiger partial charge in [0, 0.05) is 24.9 Å². The van der Waals surface area contributed by atoms with Gasteiger partial charge in [0.05, 0.1) is 5.60 Å². The SMILES string of the molecule is COC12C3C1C32. The Bertz CT molecular complexity index is 102. The lowest BCUT2D eigenvalue weighted by atomic mass is 10.8. The van der Waals surface area contributed by atoms with E-state index in [-0.39, 0.29) is 0 Å². The Kier molecular flexibility index (Phi) is 0.118. The van der Waals surface area contributed by atoms with Gasteiger partial charge >= 0.3 is 0 Å². The van der Waals surface area contributed by atoms with Gasteiger partial charge in [-0.15, -0.1) is 0 Å². The number of rotatable bonds is 1. The van der Waals surface area contributed by atoms with E-state index < -0.39 is 0 Å². The van der Waals surface area contributed by atoms with Crippen molar-refractivity contribution >= 4 is 0 Å². The molecule has 0 radical (unpaired) electrons. The van der Waals surface area contributed by atoms with E-state index in [9.17, 15) is 0 Å². The van der Waals surface area contributed by atoms with Crippen molar-refractivity contribution in [2.24, 2.45) is 17.8 Å². The second-order valence-electron chi connectivity index (χ2n) is 2.64. The molecule has 1 heteroatoms. The predicted octanol–water partition coefficient (Wildman–Crippen LogP) is 0.261. The van der Waals surface area contributed by atoms with Crippen molar-refractivity contribution < 1.29 is 4.74 Å². The molecule has 0 N–H and O–H groups in total. The Morgan fingerprint density at radius 1 is 1.33 bits per heavy atom. The highest BCUT2D eigenvalue weighted by Crippen LogP contribution is 3.04. The van der Waals surface area contributed by atoms with Gasteiger partial charge in [-0.1, -0.05) is 0 Å². The largest absolute Gasteiger partial charge is 0.377 e. The Morgan fingerprint density at radius 2 is 1.83 bits per heavy atom. The van der Waals surface area contributed by atoms with Crippen LogP contribution >= 0.6 is 0 Å². The highest BCUT2D eigenvalue weighted by Gasteiger charge is 3.11. The predicted molar refractivity (Wildman–Crippen MR) is 20.2 cm³/mol. The van der Waals surface area contributed by atoms with Gasteiger partial charge in [-0.25, -0.2) is 0 Å². The first-order valence-electron chi connectivity index (χ1n) is 2.48. The molecule has 4 aliphatic rings. The molecule has 4 saturated carbocycles. The third-order valence-corrected chi connectivity index (χ3v) is 2.61. The van der Waals surface area contributed by atoms with Crippen LogP contribution in [0.3, 0.4) is 0 Å². The molecule has 4 aliphatic carbocycles. The summed E-state index contributed by atoms with van der Waals surface area (Å²) in [5.74, 6) is 3.22. The molecule has 0 amide bonds. The van der Waals surface area contributed by atoms with Crippen molar-refractivity contribution in [3.63, 3.8) is 0 Å². The lowest BCUT2D eigenvalue weighted by Gasteiger charge is -1.82. The fourth-order valence-corrected chi connectivity index (χ4v) is 1.68. The van der Waals surface area contributed by atoms with E-state index >= 15 is 0 Å². The van der Waals surface area contributed by atoms with E-state index in [4.69, 9.17) is 4.74 Å². The fraction of sp³-hybridized carbons (Fsp3) is 1.00. The minimum atomic E-state index is 0.542. The number of hydrogen-bond acceptors (Lipinski definition) is 1. The molecule has 0 spiro atoms. The van der Waals surface area contributed by atoms with Crippen LogP contribution in [-0.4, -0.2) is 12.7 Å². The van der Waals surface area contributed by atoms with Crippen LogP contribution in [0.2, 0.25) is 0 Å². The topological polar surface area (TPSA) is 9.23 Å². The quantitative estimate of drug-likeness (QED) is 0.441. The van der Waals surface area contributed by atoms with Gasteiger partial charge in [0.15, 0.2) is 0 Å². The molecule has 1 nitrogen and oxygen atoms in total. The van der Waals surface area contributed by atoms with E-state index in [1.807, 2.05) is 7.11 Å². The van der Waals surface area contributed by atoms with Gasteiger partial charge < -0.3 is 4.74 Å². The summed E-state index contributed by atoms with van der Waals surface area (Å²) < 4.78 is 5.16. The summed E-state index contributed by atoms with van der Waals surface area (Å²) in [6.45, 7) is 0. The minimum absolute atomic E-state index is 0.542.